The molecule has 152 valence electrons. The van der Waals surface area contributed by atoms with E-state index in [-0.39, 0.29) is 6.61 Å². The predicted molar refractivity (Wildman–Crippen MR) is 88.7 cm³/mol. The van der Waals surface area contributed by atoms with Gasteiger partial charge in [0.2, 0.25) is 0 Å². The van der Waals surface area contributed by atoms with Crippen LogP contribution in [0.4, 0.5) is 0 Å². The molecule has 1 aromatic rings. The zero-order chi connectivity index (χ0) is 21.0. The maximum atomic E-state index is 12.5. The Hall–Kier alpha value is -3.28. The van der Waals surface area contributed by atoms with Crippen molar-refractivity contribution in [2.75, 3.05) is 6.61 Å². The predicted octanol–water partition coefficient (Wildman–Crippen LogP) is -1.33. The number of carbonyl (C=O) groups excluding carboxylic acids is 4. The monoisotopic (exact) mass is 397 g/mol. The maximum Gasteiger partial charge on any atom is 0.303 e. The van der Waals surface area contributed by atoms with Gasteiger partial charge in [0, 0.05) is 33.2 Å². The molecule has 28 heavy (non-hydrogen) atoms. The summed E-state index contributed by atoms with van der Waals surface area (Å²) in [6, 6.07) is 0. The number of carbonyl (C=O) groups is 4. The maximum absolute atomic E-state index is 12.5. The third kappa shape index (κ3) is 4.71. The lowest BCUT2D eigenvalue weighted by atomic mass is 10.1. The van der Waals surface area contributed by atoms with Crippen molar-refractivity contribution < 1.29 is 38.1 Å². The normalized spacial score (nSPS) is 23.7. The number of rotatable bonds is 6. The molecule has 12 nitrogen and oxygen atoms in total. The Morgan fingerprint density at radius 1 is 1.11 bits per heavy atom. The van der Waals surface area contributed by atoms with Crippen molar-refractivity contribution in [3.05, 3.63) is 28.4 Å². The number of hydrogen-bond donors (Lipinski definition) is 1. The van der Waals surface area contributed by atoms with E-state index in [9.17, 15) is 24.0 Å². The van der Waals surface area contributed by atoms with Crippen LogP contribution in [0.2, 0.25) is 0 Å². The smallest absolute Gasteiger partial charge is 0.303 e. The fourth-order valence-electron chi connectivity index (χ4n) is 2.71. The second-order valence-electron chi connectivity index (χ2n) is 5.87. The fraction of sp³-hybridized carbons (Fsp3) is 0.500. The first-order chi connectivity index (χ1) is 13.1. The van der Waals surface area contributed by atoms with Gasteiger partial charge in [0.1, 0.15) is 12.7 Å². The van der Waals surface area contributed by atoms with Crippen molar-refractivity contribution in [1.82, 2.24) is 9.55 Å². The lowest BCUT2D eigenvalue weighted by Crippen LogP contribution is -2.42. The van der Waals surface area contributed by atoms with Gasteiger partial charge in [-0.25, -0.2) is 4.98 Å². The largest absolute Gasteiger partial charge is 0.463 e. The molecule has 1 aromatic heterocycles. The lowest BCUT2D eigenvalue weighted by molar-refractivity contribution is -0.166. The van der Waals surface area contributed by atoms with Crippen LogP contribution in [0.1, 0.15) is 37.5 Å². The van der Waals surface area contributed by atoms with Crippen LogP contribution in [0.25, 0.3) is 0 Å². The van der Waals surface area contributed by atoms with Gasteiger partial charge in [0.05, 0.1) is 0 Å². The van der Waals surface area contributed by atoms with E-state index in [1.54, 1.807) is 0 Å². The van der Waals surface area contributed by atoms with Crippen LogP contribution in [0.15, 0.2) is 17.2 Å². The molecule has 0 saturated carbocycles. The van der Waals surface area contributed by atoms with Crippen molar-refractivity contribution in [2.45, 2.75) is 45.3 Å². The van der Waals surface area contributed by atoms with E-state index in [1.165, 1.54) is 13.1 Å². The molecule has 12 heteroatoms. The molecule has 0 aromatic carbocycles. The highest BCUT2D eigenvalue weighted by molar-refractivity contribution is 5.90. The van der Waals surface area contributed by atoms with E-state index in [0.29, 0.717) is 0 Å². The van der Waals surface area contributed by atoms with E-state index in [2.05, 4.69) is 4.98 Å². The van der Waals surface area contributed by atoms with Gasteiger partial charge in [0.15, 0.2) is 24.1 Å². The molecule has 1 fully saturated rings. The molecular weight excluding hydrogens is 378 g/mol. The molecule has 0 bridgehead atoms. The minimum absolute atomic E-state index is 0.329. The summed E-state index contributed by atoms with van der Waals surface area (Å²) in [5.74, 6) is -3.12. The van der Waals surface area contributed by atoms with E-state index in [4.69, 9.17) is 24.7 Å². The van der Waals surface area contributed by atoms with E-state index in [1.807, 2.05) is 0 Å². The molecular formula is C16H19N3O9. The van der Waals surface area contributed by atoms with Crippen molar-refractivity contribution in [2.24, 2.45) is 5.73 Å². The Morgan fingerprint density at radius 2 is 1.71 bits per heavy atom. The summed E-state index contributed by atoms with van der Waals surface area (Å²) in [5.41, 5.74) is 3.68. The van der Waals surface area contributed by atoms with Crippen molar-refractivity contribution in [1.29, 1.82) is 0 Å². The Morgan fingerprint density at radius 3 is 2.25 bits per heavy atom. The van der Waals surface area contributed by atoms with Gasteiger partial charge < -0.3 is 24.7 Å². The minimum atomic E-state index is -1.29. The van der Waals surface area contributed by atoms with Crippen LogP contribution in [0, 0.1) is 0 Å². The van der Waals surface area contributed by atoms with Crippen LogP contribution >= 0.6 is 0 Å². The number of nitrogens with zero attached hydrogens (tertiary/aromatic N) is 2. The van der Waals surface area contributed by atoms with Crippen LogP contribution in [-0.4, -0.2) is 58.3 Å². The van der Waals surface area contributed by atoms with Crippen molar-refractivity contribution in [3.8, 4) is 0 Å². The quantitative estimate of drug-likeness (QED) is 0.448. The van der Waals surface area contributed by atoms with Gasteiger partial charge >= 0.3 is 17.9 Å². The summed E-state index contributed by atoms with van der Waals surface area (Å²) in [4.78, 5) is 61.7. The van der Waals surface area contributed by atoms with Gasteiger partial charge in [-0.1, -0.05) is 0 Å². The zero-order valence-corrected chi connectivity index (χ0v) is 15.3. The van der Waals surface area contributed by atoms with Gasteiger partial charge in [-0.2, -0.15) is 0 Å². The van der Waals surface area contributed by atoms with Gasteiger partial charge in [-0.3, -0.25) is 28.5 Å². The van der Waals surface area contributed by atoms with Crippen LogP contribution in [0.5, 0.6) is 0 Å². The van der Waals surface area contributed by atoms with E-state index < -0.39 is 59.6 Å². The Labute approximate surface area is 158 Å². The number of ether oxygens (including phenoxy) is 4. The summed E-state index contributed by atoms with van der Waals surface area (Å²) >= 11 is 0. The summed E-state index contributed by atoms with van der Waals surface area (Å²) in [6.45, 7) is 3.09. The van der Waals surface area contributed by atoms with Crippen molar-refractivity contribution in [3.63, 3.8) is 0 Å². The Balaban J connectivity index is 2.48. The highest BCUT2D eigenvalue weighted by Gasteiger charge is 2.51. The molecule has 0 spiro atoms. The first kappa shape index (κ1) is 21.0. The first-order valence-electron chi connectivity index (χ1n) is 8.12. The number of hydrogen-bond acceptors (Lipinski definition) is 10. The highest BCUT2D eigenvalue weighted by Crippen LogP contribution is 2.33. The number of aromatic nitrogens is 2. The number of amides is 1. The fourth-order valence-corrected chi connectivity index (χ4v) is 2.71. The SMILES string of the molecule is CC(=O)OC[C@@H]1O[C@@H](n2ccnc(C(N)=O)c2=O)[C@H](OC(C)=O)[C@@H]1OC(C)=O. The molecule has 0 radical (unpaired) electrons. The molecule has 1 aliphatic rings. The summed E-state index contributed by atoms with van der Waals surface area (Å²) < 4.78 is 21.9. The van der Waals surface area contributed by atoms with Gasteiger partial charge in [-0.15, -0.1) is 0 Å². The molecule has 2 heterocycles. The number of primary amides is 1. The summed E-state index contributed by atoms with van der Waals surface area (Å²) in [6.07, 6.45) is -2.45. The Bertz CT molecular complexity index is 850. The molecule has 2 rings (SSSR count). The second kappa shape index (κ2) is 8.61. The number of esters is 3. The van der Waals surface area contributed by atoms with Gasteiger partial charge in [0.25, 0.3) is 11.5 Å². The molecule has 0 aliphatic carbocycles. The first-order valence-corrected chi connectivity index (χ1v) is 8.12. The highest BCUT2D eigenvalue weighted by atomic mass is 16.7. The molecule has 4 atom stereocenters. The van der Waals surface area contributed by atoms with Crippen LogP contribution < -0.4 is 11.3 Å². The zero-order valence-electron chi connectivity index (χ0n) is 15.3. The number of nitrogens with two attached hydrogens (primary N) is 1. The molecule has 1 amide bonds. The second-order valence-corrected chi connectivity index (χ2v) is 5.87. The molecule has 0 unspecified atom stereocenters. The van der Waals surface area contributed by atoms with Crippen molar-refractivity contribution >= 4 is 23.8 Å². The molecule has 1 saturated heterocycles. The average Bonchev–Trinajstić information content (AvgIpc) is 2.89. The van der Waals surface area contributed by atoms with Crippen LogP contribution in [-0.2, 0) is 33.3 Å². The van der Waals surface area contributed by atoms with E-state index in [0.717, 1.165) is 24.6 Å². The average molecular weight is 397 g/mol. The lowest BCUT2D eigenvalue weighted by Gasteiger charge is -2.24. The molecule has 1 aliphatic heterocycles. The summed E-state index contributed by atoms with van der Waals surface area (Å²) in [5, 5.41) is 0. The standard InChI is InChI=1S/C16H19N3O9/c1-7(20)25-6-10-12(26-8(2)21)13(27-9(3)22)16(28-10)19-5-4-18-11(14(17)23)15(19)24/h4-5,10,12-13,16H,6H2,1-3H3,(H2,17,23)/t10-,12+,13+,16+/m0/s1. The summed E-state index contributed by atoms with van der Waals surface area (Å²) in [7, 11) is 0. The van der Waals surface area contributed by atoms with E-state index >= 15 is 0 Å². The third-order valence-electron chi connectivity index (χ3n) is 3.72. The Kier molecular flexibility index (Phi) is 6.46. The molecule has 2 N–H and O–H groups in total. The van der Waals surface area contributed by atoms with Crippen LogP contribution in [0.3, 0.4) is 0 Å². The third-order valence-corrected chi connectivity index (χ3v) is 3.72. The topological polar surface area (TPSA) is 166 Å². The van der Waals surface area contributed by atoms with Gasteiger partial charge in [-0.05, 0) is 0 Å². The minimum Gasteiger partial charge on any atom is -0.463 e.